The molecule has 0 saturated heterocycles. The molecule has 0 saturated carbocycles. The first kappa shape index (κ1) is 20.2. The largest absolute Gasteiger partial charge is 0.449 e. The van der Waals surface area contributed by atoms with Crippen LogP contribution in [0.1, 0.15) is 28.8 Å². The highest BCUT2D eigenvalue weighted by atomic mass is 16.5. The molecule has 4 aromatic rings. The topological polar surface area (TPSA) is 120 Å². The lowest BCUT2D eigenvalue weighted by molar-refractivity contribution is 0.0161. The Balaban J connectivity index is 1.18. The molecule has 0 radical (unpaired) electrons. The number of hydrogen-bond acceptors (Lipinski definition) is 6. The molecule has 2 atom stereocenters. The number of aromatic amines is 1. The number of ether oxygens (including phenoxy) is 1. The number of H-pyrrole nitrogens is 1. The van der Waals surface area contributed by atoms with E-state index in [0.29, 0.717) is 5.69 Å². The molecule has 1 aliphatic rings. The molecule has 0 fully saturated rings. The molecule has 4 N–H and O–H groups in total. The van der Waals surface area contributed by atoms with Gasteiger partial charge in [-0.1, -0.05) is 48.5 Å². The number of hydrogen-bond donors (Lipinski definition) is 4. The standard InChI is InChI=1S/C24H22N4O4/c29-22(23(30)20-9-14-10-27-28-21(14)11-25-20)12-26-24(31)32-13-19-17-7-3-1-5-15(17)16-6-2-4-8-18(16)19/h1-11,19,22-23,29-30H,12-13H2,(H,26,31)(H,27,28). The number of aliphatic hydroxyl groups is 2. The second kappa shape index (κ2) is 8.41. The van der Waals surface area contributed by atoms with Gasteiger partial charge in [-0.25, -0.2) is 4.79 Å². The molecule has 1 amide bonds. The van der Waals surface area contributed by atoms with Crippen molar-refractivity contribution in [3.8, 4) is 11.1 Å². The summed E-state index contributed by atoms with van der Waals surface area (Å²) < 4.78 is 5.45. The number of rotatable bonds is 6. The van der Waals surface area contributed by atoms with Gasteiger partial charge in [-0.15, -0.1) is 0 Å². The summed E-state index contributed by atoms with van der Waals surface area (Å²) in [5.41, 5.74) is 5.57. The molecule has 0 aliphatic heterocycles. The summed E-state index contributed by atoms with van der Waals surface area (Å²) in [5.74, 6) is -0.0467. The zero-order chi connectivity index (χ0) is 22.1. The van der Waals surface area contributed by atoms with E-state index in [4.69, 9.17) is 4.74 Å². The normalized spacial score (nSPS) is 14.6. The van der Waals surface area contributed by atoms with Crippen molar-refractivity contribution < 1.29 is 19.7 Å². The van der Waals surface area contributed by atoms with E-state index in [1.54, 1.807) is 12.3 Å². The molecule has 2 aromatic carbocycles. The summed E-state index contributed by atoms with van der Waals surface area (Å²) in [6, 6.07) is 17.8. The van der Waals surface area contributed by atoms with E-state index in [9.17, 15) is 15.0 Å². The van der Waals surface area contributed by atoms with Gasteiger partial charge in [0.2, 0.25) is 0 Å². The van der Waals surface area contributed by atoms with Gasteiger partial charge in [-0.2, -0.15) is 5.10 Å². The van der Waals surface area contributed by atoms with E-state index in [1.807, 2.05) is 36.4 Å². The number of aromatic nitrogens is 3. The number of pyridine rings is 1. The van der Waals surface area contributed by atoms with Gasteiger partial charge in [0, 0.05) is 17.8 Å². The van der Waals surface area contributed by atoms with Crippen LogP contribution in [0.15, 0.2) is 67.0 Å². The van der Waals surface area contributed by atoms with Crippen molar-refractivity contribution in [2.45, 2.75) is 18.1 Å². The molecule has 2 unspecified atom stereocenters. The maximum atomic E-state index is 12.3. The Morgan fingerprint density at radius 3 is 2.47 bits per heavy atom. The van der Waals surface area contributed by atoms with Gasteiger partial charge in [0.05, 0.1) is 23.6 Å². The number of carbonyl (C=O) groups excluding carboxylic acids is 1. The second-order valence-corrected chi connectivity index (χ2v) is 7.79. The first-order valence-electron chi connectivity index (χ1n) is 10.4. The van der Waals surface area contributed by atoms with Gasteiger partial charge in [-0.05, 0) is 28.3 Å². The number of nitrogens with zero attached hydrogens (tertiary/aromatic N) is 2. The summed E-state index contributed by atoms with van der Waals surface area (Å²) in [7, 11) is 0. The fraction of sp³-hybridized carbons (Fsp3) is 0.208. The molecule has 2 aromatic heterocycles. The van der Waals surface area contributed by atoms with Gasteiger partial charge in [0.15, 0.2) is 0 Å². The highest BCUT2D eigenvalue weighted by Gasteiger charge is 2.29. The number of amides is 1. The summed E-state index contributed by atoms with van der Waals surface area (Å²) in [4.78, 5) is 16.4. The van der Waals surface area contributed by atoms with Gasteiger partial charge in [0.1, 0.15) is 18.8 Å². The van der Waals surface area contributed by atoms with Crippen molar-refractivity contribution in [1.29, 1.82) is 0 Å². The lowest BCUT2D eigenvalue weighted by atomic mass is 9.98. The number of fused-ring (bicyclic) bond motifs is 4. The maximum absolute atomic E-state index is 12.3. The van der Waals surface area contributed by atoms with Crippen LogP contribution in [0, 0.1) is 0 Å². The van der Waals surface area contributed by atoms with E-state index in [0.717, 1.165) is 33.2 Å². The molecule has 0 spiro atoms. The van der Waals surface area contributed by atoms with E-state index in [2.05, 4.69) is 32.6 Å². The molecule has 2 heterocycles. The molecule has 8 heteroatoms. The van der Waals surface area contributed by atoms with Crippen molar-refractivity contribution in [1.82, 2.24) is 20.5 Å². The third-order valence-electron chi connectivity index (χ3n) is 5.81. The Labute approximate surface area is 183 Å². The SMILES string of the molecule is O=C(NCC(O)C(O)c1cc2cn[nH]c2cn1)OCC1c2ccccc2-c2ccccc21. The Kier molecular flexibility index (Phi) is 5.30. The van der Waals surface area contributed by atoms with Crippen LogP contribution < -0.4 is 5.32 Å². The molecule has 8 nitrogen and oxygen atoms in total. The van der Waals surface area contributed by atoms with Gasteiger partial charge in [-0.3, -0.25) is 10.1 Å². The highest BCUT2D eigenvalue weighted by molar-refractivity contribution is 5.79. The Morgan fingerprint density at radius 2 is 1.75 bits per heavy atom. The van der Waals surface area contributed by atoms with Crippen molar-refractivity contribution in [3.63, 3.8) is 0 Å². The van der Waals surface area contributed by atoms with E-state index in [1.165, 1.54) is 6.20 Å². The lowest BCUT2D eigenvalue weighted by Gasteiger charge is -2.19. The predicted molar refractivity (Wildman–Crippen MR) is 118 cm³/mol. The van der Waals surface area contributed by atoms with Crippen LogP contribution in [-0.4, -0.2) is 50.7 Å². The van der Waals surface area contributed by atoms with Crippen LogP contribution in [0.2, 0.25) is 0 Å². The minimum absolute atomic E-state index is 0.0467. The summed E-state index contributed by atoms with van der Waals surface area (Å²) in [5, 5.41) is 30.7. The van der Waals surface area contributed by atoms with Gasteiger partial charge >= 0.3 is 6.09 Å². The number of benzene rings is 2. The average molecular weight is 430 g/mol. The molecular weight excluding hydrogens is 408 g/mol. The Hall–Kier alpha value is -3.75. The van der Waals surface area contributed by atoms with Crippen molar-refractivity contribution in [2.24, 2.45) is 0 Å². The molecular formula is C24H22N4O4. The molecule has 1 aliphatic carbocycles. The zero-order valence-electron chi connectivity index (χ0n) is 17.1. The van der Waals surface area contributed by atoms with Crippen LogP contribution in [0.4, 0.5) is 4.79 Å². The Morgan fingerprint density at radius 1 is 1.06 bits per heavy atom. The van der Waals surface area contributed by atoms with Crippen molar-refractivity contribution in [3.05, 3.63) is 83.8 Å². The van der Waals surface area contributed by atoms with Crippen LogP contribution in [-0.2, 0) is 4.74 Å². The van der Waals surface area contributed by atoms with Crippen molar-refractivity contribution >= 4 is 17.0 Å². The fourth-order valence-corrected chi connectivity index (χ4v) is 4.17. The predicted octanol–water partition coefficient (Wildman–Crippen LogP) is 2.89. The van der Waals surface area contributed by atoms with Crippen LogP contribution in [0.25, 0.3) is 22.0 Å². The third kappa shape index (κ3) is 3.70. The fourth-order valence-electron chi connectivity index (χ4n) is 4.17. The quantitative estimate of drug-likeness (QED) is 0.373. The van der Waals surface area contributed by atoms with Crippen molar-refractivity contribution in [2.75, 3.05) is 13.2 Å². The van der Waals surface area contributed by atoms with E-state index in [-0.39, 0.29) is 19.1 Å². The monoisotopic (exact) mass is 430 g/mol. The Bertz CT molecular complexity index is 1230. The van der Waals surface area contributed by atoms with Gasteiger partial charge < -0.3 is 20.3 Å². The smallest absolute Gasteiger partial charge is 0.407 e. The average Bonchev–Trinajstić information content (AvgIpc) is 3.42. The summed E-state index contributed by atoms with van der Waals surface area (Å²) in [6.07, 6.45) is -0.0203. The lowest BCUT2D eigenvalue weighted by Crippen LogP contribution is -2.36. The molecule has 5 rings (SSSR count). The number of carbonyl (C=O) groups is 1. The van der Waals surface area contributed by atoms with Gasteiger partial charge in [0.25, 0.3) is 0 Å². The molecule has 162 valence electrons. The molecule has 32 heavy (non-hydrogen) atoms. The summed E-state index contributed by atoms with van der Waals surface area (Å²) >= 11 is 0. The zero-order valence-corrected chi connectivity index (χ0v) is 17.1. The van der Waals surface area contributed by atoms with Crippen LogP contribution in [0.3, 0.4) is 0 Å². The first-order chi connectivity index (χ1) is 15.6. The number of aliphatic hydroxyl groups excluding tert-OH is 2. The maximum Gasteiger partial charge on any atom is 0.407 e. The summed E-state index contributed by atoms with van der Waals surface area (Å²) in [6.45, 7) is 0.000165. The minimum Gasteiger partial charge on any atom is -0.449 e. The highest BCUT2D eigenvalue weighted by Crippen LogP contribution is 2.44. The first-order valence-corrected chi connectivity index (χ1v) is 10.4. The minimum atomic E-state index is -1.26. The van der Waals surface area contributed by atoms with E-state index >= 15 is 0 Å². The number of alkyl carbamates (subject to hydrolysis) is 1. The van der Waals surface area contributed by atoms with Crippen LogP contribution in [0.5, 0.6) is 0 Å². The van der Waals surface area contributed by atoms with E-state index < -0.39 is 18.3 Å². The second-order valence-electron chi connectivity index (χ2n) is 7.79. The number of nitrogens with one attached hydrogen (secondary N) is 2. The third-order valence-corrected chi connectivity index (χ3v) is 5.81. The molecule has 0 bridgehead atoms. The van der Waals surface area contributed by atoms with Crippen LogP contribution >= 0.6 is 0 Å².